The molecule has 2 N–H and O–H groups in total. The SMILES string of the molecule is Cc1cc(C)c(C(=O)NCCCCCCCC(=O)O)o1. The predicted octanol–water partition coefficient (Wildman–Crippen LogP) is 3.05. The van der Waals surface area contributed by atoms with Crippen LogP contribution in [0.25, 0.3) is 0 Å². The van der Waals surface area contributed by atoms with Crippen molar-refractivity contribution in [3.8, 4) is 0 Å². The smallest absolute Gasteiger partial charge is 0.303 e. The molecule has 0 aliphatic carbocycles. The zero-order valence-corrected chi connectivity index (χ0v) is 12.2. The molecule has 1 heterocycles. The number of hydrogen-bond acceptors (Lipinski definition) is 3. The van der Waals surface area contributed by atoms with Gasteiger partial charge in [0.25, 0.3) is 5.91 Å². The number of unbranched alkanes of at least 4 members (excludes halogenated alkanes) is 4. The fraction of sp³-hybridized carbons (Fsp3) is 0.600. The molecule has 0 atom stereocenters. The molecule has 5 nitrogen and oxygen atoms in total. The molecule has 112 valence electrons. The highest BCUT2D eigenvalue weighted by Gasteiger charge is 2.13. The van der Waals surface area contributed by atoms with Crippen LogP contribution in [-0.2, 0) is 4.79 Å². The van der Waals surface area contributed by atoms with Gasteiger partial charge in [0.05, 0.1) is 0 Å². The lowest BCUT2D eigenvalue weighted by molar-refractivity contribution is -0.137. The van der Waals surface area contributed by atoms with Crippen LogP contribution in [0.2, 0.25) is 0 Å². The number of rotatable bonds is 9. The molecule has 20 heavy (non-hydrogen) atoms. The highest BCUT2D eigenvalue weighted by atomic mass is 16.4. The van der Waals surface area contributed by atoms with Crippen molar-refractivity contribution in [2.24, 2.45) is 0 Å². The summed E-state index contributed by atoms with van der Waals surface area (Å²) in [6, 6.07) is 1.84. The first kappa shape index (κ1) is 16.3. The standard InChI is InChI=1S/C15H23NO4/c1-11-10-12(2)20-14(11)15(19)16-9-7-5-3-4-6-8-13(17)18/h10H,3-9H2,1-2H3,(H,16,19)(H,17,18). The Labute approximate surface area is 119 Å². The first-order chi connectivity index (χ1) is 9.50. The van der Waals surface area contributed by atoms with Gasteiger partial charge in [0.15, 0.2) is 5.76 Å². The fourth-order valence-electron chi connectivity index (χ4n) is 2.08. The number of amides is 1. The maximum Gasteiger partial charge on any atom is 0.303 e. The van der Waals surface area contributed by atoms with Crippen LogP contribution in [-0.4, -0.2) is 23.5 Å². The molecule has 1 aromatic rings. The molecule has 5 heteroatoms. The molecular formula is C15H23NO4. The van der Waals surface area contributed by atoms with E-state index in [-0.39, 0.29) is 12.3 Å². The number of aliphatic carboxylic acids is 1. The van der Waals surface area contributed by atoms with Crippen LogP contribution in [0.1, 0.15) is 60.4 Å². The number of nitrogens with one attached hydrogen (secondary N) is 1. The fourth-order valence-corrected chi connectivity index (χ4v) is 2.08. The zero-order valence-electron chi connectivity index (χ0n) is 12.2. The van der Waals surface area contributed by atoms with Crippen LogP contribution in [0.5, 0.6) is 0 Å². The molecule has 0 aliphatic rings. The number of carboxylic acid groups (broad SMARTS) is 1. The Bertz CT molecular complexity index is 451. The number of furan rings is 1. The van der Waals surface area contributed by atoms with Crippen molar-refractivity contribution in [3.05, 3.63) is 23.2 Å². The average Bonchev–Trinajstić information content (AvgIpc) is 2.71. The van der Waals surface area contributed by atoms with E-state index >= 15 is 0 Å². The van der Waals surface area contributed by atoms with Crippen LogP contribution in [0.15, 0.2) is 10.5 Å². The molecule has 1 aromatic heterocycles. The van der Waals surface area contributed by atoms with Gasteiger partial charge in [0.2, 0.25) is 0 Å². The number of carboxylic acids is 1. The number of aryl methyl sites for hydroxylation is 2. The van der Waals surface area contributed by atoms with Crippen LogP contribution in [0.3, 0.4) is 0 Å². The second kappa shape index (κ2) is 8.40. The summed E-state index contributed by atoms with van der Waals surface area (Å²) in [4.78, 5) is 22.1. The summed E-state index contributed by atoms with van der Waals surface area (Å²) in [6.45, 7) is 4.30. The third-order valence-corrected chi connectivity index (χ3v) is 3.10. The Morgan fingerprint density at radius 2 is 1.80 bits per heavy atom. The van der Waals surface area contributed by atoms with E-state index in [4.69, 9.17) is 9.52 Å². The van der Waals surface area contributed by atoms with Crippen LogP contribution in [0.4, 0.5) is 0 Å². The van der Waals surface area contributed by atoms with Crippen LogP contribution >= 0.6 is 0 Å². The van der Waals surface area contributed by atoms with Gasteiger partial charge in [0.1, 0.15) is 5.76 Å². The van der Waals surface area contributed by atoms with Crippen molar-refractivity contribution in [2.45, 2.75) is 52.4 Å². The van der Waals surface area contributed by atoms with Gasteiger partial charge in [-0.15, -0.1) is 0 Å². The van der Waals surface area contributed by atoms with Gasteiger partial charge in [0, 0.05) is 18.5 Å². The maximum atomic E-state index is 11.8. The monoisotopic (exact) mass is 281 g/mol. The van der Waals surface area contributed by atoms with E-state index in [0.29, 0.717) is 12.3 Å². The van der Waals surface area contributed by atoms with Gasteiger partial charge < -0.3 is 14.8 Å². The maximum absolute atomic E-state index is 11.8. The van der Waals surface area contributed by atoms with Crippen LogP contribution in [0, 0.1) is 13.8 Å². The third kappa shape index (κ3) is 5.91. The molecule has 0 aromatic carbocycles. The second-order valence-corrected chi connectivity index (χ2v) is 5.04. The minimum Gasteiger partial charge on any atom is -0.481 e. The van der Waals surface area contributed by atoms with E-state index in [0.717, 1.165) is 43.4 Å². The highest BCUT2D eigenvalue weighted by molar-refractivity contribution is 5.92. The summed E-state index contributed by atoms with van der Waals surface area (Å²) < 4.78 is 5.34. The molecule has 0 saturated carbocycles. The van der Waals surface area contributed by atoms with Gasteiger partial charge in [-0.1, -0.05) is 19.3 Å². The van der Waals surface area contributed by atoms with Crippen molar-refractivity contribution < 1.29 is 19.1 Å². The first-order valence-corrected chi connectivity index (χ1v) is 7.07. The molecule has 0 aliphatic heterocycles. The largest absolute Gasteiger partial charge is 0.481 e. The Morgan fingerprint density at radius 3 is 2.40 bits per heavy atom. The summed E-state index contributed by atoms with van der Waals surface area (Å²) in [5.41, 5.74) is 0.855. The minimum absolute atomic E-state index is 0.165. The van der Waals surface area contributed by atoms with E-state index in [9.17, 15) is 9.59 Å². The molecule has 0 radical (unpaired) electrons. The van der Waals surface area contributed by atoms with Crippen molar-refractivity contribution in [2.75, 3.05) is 6.54 Å². The van der Waals surface area contributed by atoms with Crippen LogP contribution < -0.4 is 5.32 Å². The molecule has 0 bridgehead atoms. The molecule has 0 saturated heterocycles. The van der Waals surface area contributed by atoms with Crippen molar-refractivity contribution >= 4 is 11.9 Å². The van der Waals surface area contributed by atoms with Crippen molar-refractivity contribution in [1.82, 2.24) is 5.32 Å². The zero-order chi connectivity index (χ0) is 15.0. The lowest BCUT2D eigenvalue weighted by atomic mass is 10.1. The Balaban J connectivity index is 2.08. The molecule has 0 unspecified atom stereocenters. The molecular weight excluding hydrogens is 258 g/mol. The lowest BCUT2D eigenvalue weighted by Crippen LogP contribution is -2.24. The first-order valence-electron chi connectivity index (χ1n) is 7.07. The van der Waals surface area contributed by atoms with E-state index in [1.165, 1.54) is 0 Å². The van der Waals surface area contributed by atoms with Gasteiger partial charge in [-0.3, -0.25) is 9.59 Å². The van der Waals surface area contributed by atoms with Gasteiger partial charge in [-0.2, -0.15) is 0 Å². The van der Waals surface area contributed by atoms with E-state index < -0.39 is 5.97 Å². The minimum atomic E-state index is -0.735. The average molecular weight is 281 g/mol. The van der Waals surface area contributed by atoms with Gasteiger partial charge in [-0.25, -0.2) is 0 Å². The topological polar surface area (TPSA) is 79.5 Å². The van der Waals surface area contributed by atoms with Crippen molar-refractivity contribution in [1.29, 1.82) is 0 Å². The predicted molar refractivity (Wildman–Crippen MR) is 75.9 cm³/mol. The Morgan fingerprint density at radius 1 is 1.15 bits per heavy atom. The molecule has 0 spiro atoms. The second-order valence-electron chi connectivity index (χ2n) is 5.04. The summed E-state index contributed by atoms with van der Waals surface area (Å²) in [5, 5.41) is 11.3. The van der Waals surface area contributed by atoms with Crippen molar-refractivity contribution in [3.63, 3.8) is 0 Å². The number of hydrogen-bond donors (Lipinski definition) is 2. The number of carbonyl (C=O) groups excluding carboxylic acids is 1. The van der Waals surface area contributed by atoms with Gasteiger partial charge in [-0.05, 0) is 32.8 Å². The third-order valence-electron chi connectivity index (χ3n) is 3.10. The molecule has 1 rings (SSSR count). The summed E-state index contributed by atoms with van der Waals surface area (Å²) in [7, 11) is 0. The summed E-state index contributed by atoms with van der Waals surface area (Å²) in [6.07, 6.45) is 4.80. The van der Waals surface area contributed by atoms with E-state index in [1.54, 1.807) is 0 Å². The summed E-state index contributed by atoms with van der Waals surface area (Å²) in [5.74, 6) is 0.234. The highest BCUT2D eigenvalue weighted by Crippen LogP contribution is 2.13. The Kier molecular flexibility index (Phi) is 6.84. The van der Waals surface area contributed by atoms with E-state index in [1.807, 2.05) is 19.9 Å². The van der Waals surface area contributed by atoms with Gasteiger partial charge >= 0.3 is 5.97 Å². The molecule has 1 amide bonds. The molecule has 0 fully saturated rings. The normalized spacial score (nSPS) is 10.5. The summed E-state index contributed by atoms with van der Waals surface area (Å²) >= 11 is 0. The lowest BCUT2D eigenvalue weighted by Gasteiger charge is -2.04. The van der Waals surface area contributed by atoms with E-state index in [2.05, 4.69) is 5.32 Å². The quantitative estimate of drug-likeness (QED) is 0.682. The Hall–Kier alpha value is -1.78. The number of carbonyl (C=O) groups is 2.